The fourth-order valence-electron chi connectivity index (χ4n) is 3.94. The lowest BCUT2D eigenvalue weighted by atomic mass is 9.67. The van der Waals surface area contributed by atoms with Crippen molar-refractivity contribution in [3.05, 3.63) is 0 Å². The highest BCUT2D eigenvalue weighted by Crippen LogP contribution is 2.39. The lowest BCUT2D eigenvalue weighted by Crippen LogP contribution is -2.36. The number of carbonyl (C=O) groups excluding carboxylic acids is 2. The van der Waals surface area contributed by atoms with Crippen LogP contribution in [-0.2, 0) is 9.59 Å². The summed E-state index contributed by atoms with van der Waals surface area (Å²) in [4.78, 5) is 24.3. The lowest BCUT2D eigenvalue weighted by Gasteiger charge is -2.36. The number of rotatable bonds is 4. The summed E-state index contributed by atoms with van der Waals surface area (Å²) >= 11 is 0. The van der Waals surface area contributed by atoms with Gasteiger partial charge in [-0.15, -0.1) is 0 Å². The first-order valence-electron chi connectivity index (χ1n) is 7.79. The summed E-state index contributed by atoms with van der Waals surface area (Å²) < 4.78 is 0. The van der Waals surface area contributed by atoms with Gasteiger partial charge in [-0.3, -0.25) is 9.59 Å². The van der Waals surface area contributed by atoms with E-state index in [1.807, 2.05) is 0 Å². The molecule has 0 amide bonds. The van der Waals surface area contributed by atoms with Crippen molar-refractivity contribution in [2.75, 3.05) is 0 Å². The summed E-state index contributed by atoms with van der Waals surface area (Å²) in [7, 11) is 0. The molecule has 0 bridgehead atoms. The Kier molecular flexibility index (Phi) is 4.96. The van der Waals surface area contributed by atoms with Gasteiger partial charge in [0.05, 0.1) is 0 Å². The SMILES string of the molecule is CCCC(C1CCCCC1=O)C1CCCCC1=O. The number of hydrogen-bond donors (Lipinski definition) is 0. The van der Waals surface area contributed by atoms with Crippen molar-refractivity contribution in [1.82, 2.24) is 0 Å². The Morgan fingerprint density at radius 1 is 0.944 bits per heavy atom. The predicted octanol–water partition coefficient (Wildman–Crippen LogP) is 3.92. The Hall–Kier alpha value is -0.660. The molecule has 0 heterocycles. The van der Waals surface area contributed by atoms with E-state index < -0.39 is 0 Å². The van der Waals surface area contributed by atoms with E-state index >= 15 is 0 Å². The minimum absolute atomic E-state index is 0.200. The second kappa shape index (κ2) is 6.49. The maximum absolute atomic E-state index is 12.1. The maximum atomic E-state index is 12.1. The molecule has 0 N–H and O–H groups in total. The van der Waals surface area contributed by atoms with E-state index in [0.717, 1.165) is 51.4 Å². The molecule has 2 aliphatic carbocycles. The van der Waals surface area contributed by atoms with Crippen LogP contribution in [0.15, 0.2) is 0 Å². The van der Waals surface area contributed by atoms with Gasteiger partial charge in [0.2, 0.25) is 0 Å². The Balaban J connectivity index is 2.10. The molecule has 0 aromatic rings. The minimum Gasteiger partial charge on any atom is -0.299 e. The average Bonchev–Trinajstić information content (AvgIpc) is 2.38. The second-order valence-corrected chi connectivity index (χ2v) is 6.09. The fourth-order valence-corrected chi connectivity index (χ4v) is 3.94. The number of hydrogen-bond acceptors (Lipinski definition) is 2. The van der Waals surface area contributed by atoms with Crippen LogP contribution in [0.3, 0.4) is 0 Å². The van der Waals surface area contributed by atoms with Crippen LogP contribution >= 0.6 is 0 Å². The third kappa shape index (κ3) is 3.02. The van der Waals surface area contributed by atoms with Crippen molar-refractivity contribution in [2.24, 2.45) is 17.8 Å². The fraction of sp³-hybridized carbons (Fsp3) is 0.875. The molecule has 2 aliphatic rings. The van der Waals surface area contributed by atoms with Gasteiger partial charge < -0.3 is 0 Å². The summed E-state index contributed by atoms with van der Waals surface area (Å²) in [6.45, 7) is 2.17. The van der Waals surface area contributed by atoms with E-state index in [9.17, 15) is 9.59 Å². The van der Waals surface area contributed by atoms with Crippen LogP contribution in [0.25, 0.3) is 0 Å². The van der Waals surface area contributed by atoms with Crippen molar-refractivity contribution in [2.45, 2.75) is 71.1 Å². The van der Waals surface area contributed by atoms with Crippen molar-refractivity contribution in [1.29, 1.82) is 0 Å². The first kappa shape index (κ1) is 13.8. The van der Waals surface area contributed by atoms with Crippen LogP contribution in [0.2, 0.25) is 0 Å². The zero-order chi connectivity index (χ0) is 13.0. The van der Waals surface area contributed by atoms with Crippen LogP contribution in [-0.4, -0.2) is 11.6 Å². The molecule has 0 aliphatic heterocycles. The molecule has 18 heavy (non-hydrogen) atoms. The first-order chi connectivity index (χ1) is 8.74. The molecule has 2 atom stereocenters. The highest BCUT2D eigenvalue weighted by Gasteiger charge is 2.38. The molecule has 102 valence electrons. The molecule has 2 unspecified atom stereocenters. The van der Waals surface area contributed by atoms with Gasteiger partial charge in [0, 0.05) is 24.7 Å². The van der Waals surface area contributed by atoms with E-state index in [4.69, 9.17) is 0 Å². The summed E-state index contributed by atoms with van der Waals surface area (Å²) in [5.74, 6) is 1.64. The molecule has 2 heteroatoms. The molecular weight excluding hydrogens is 224 g/mol. The highest BCUT2D eigenvalue weighted by molar-refractivity contribution is 5.85. The van der Waals surface area contributed by atoms with Crippen LogP contribution in [0, 0.1) is 17.8 Å². The molecule has 2 saturated carbocycles. The van der Waals surface area contributed by atoms with E-state index in [1.165, 1.54) is 12.8 Å². The van der Waals surface area contributed by atoms with Gasteiger partial charge in [-0.25, -0.2) is 0 Å². The van der Waals surface area contributed by atoms with Crippen LogP contribution in [0.1, 0.15) is 71.1 Å². The van der Waals surface area contributed by atoms with E-state index in [1.54, 1.807) is 0 Å². The quantitative estimate of drug-likeness (QED) is 0.757. The average molecular weight is 250 g/mol. The largest absolute Gasteiger partial charge is 0.299 e. The molecular formula is C16H26O2. The Morgan fingerprint density at radius 2 is 1.44 bits per heavy atom. The molecule has 2 nitrogen and oxygen atoms in total. The Bertz CT molecular complexity index is 280. The summed E-state index contributed by atoms with van der Waals surface area (Å²) in [6.07, 6.45) is 10.2. The number of carbonyl (C=O) groups is 2. The van der Waals surface area contributed by atoms with Gasteiger partial charge in [0.15, 0.2) is 0 Å². The number of Topliss-reactive ketones (excluding diaryl/α,β-unsaturated/α-hetero) is 2. The third-order valence-electron chi connectivity index (χ3n) is 4.86. The van der Waals surface area contributed by atoms with Crippen molar-refractivity contribution >= 4 is 11.6 Å². The van der Waals surface area contributed by atoms with Gasteiger partial charge in [-0.2, -0.15) is 0 Å². The molecule has 2 fully saturated rings. The standard InChI is InChI=1S/C16H26O2/c1-2-7-12(13-8-3-5-10-15(13)17)14-9-4-6-11-16(14)18/h12-14H,2-11H2,1H3. The summed E-state index contributed by atoms with van der Waals surface area (Å²) in [5.41, 5.74) is 0. The molecule has 0 aromatic carbocycles. The highest BCUT2D eigenvalue weighted by atomic mass is 16.1. The molecule has 0 radical (unpaired) electrons. The summed E-state index contributed by atoms with van der Waals surface area (Å²) in [6, 6.07) is 0. The Morgan fingerprint density at radius 3 is 1.83 bits per heavy atom. The normalized spacial score (nSPS) is 31.4. The van der Waals surface area contributed by atoms with Gasteiger partial charge >= 0.3 is 0 Å². The first-order valence-corrected chi connectivity index (χ1v) is 7.79. The van der Waals surface area contributed by atoms with E-state index in [0.29, 0.717) is 17.5 Å². The van der Waals surface area contributed by atoms with Crippen molar-refractivity contribution in [3.63, 3.8) is 0 Å². The van der Waals surface area contributed by atoms with Crippen LogP contribution < -0.4 is 0 Å². The van der Waals surface area contributed by atoms with Gasteiger partial charge in [0.25, 0.3) is 0 Å². The molecule has 2 rings (SSSR count). The van der Waals surface area contributed by atoms with Crippen LogP contribution in [0.4, 0.5) is 0 Å². The van der Waals surface area contributed by atoms with Crippen molar-refractivity contribution in [3.8, 4) is 0 Å². The monoisotopic (exact) mass is 250 g/mol. The third-order valence-corrected chi connectivity index (χ3v) is 4.86. The zero-order valence-electron chi connectivity index (χ0n) is 11.6. The smallest absolute Gasteiger partial charge is 0.136 e. The summed E-state index contributed by atoms with van der Waals surface area (Å²) in [5, 5.41) is 0. The van der Waals surface area contributed by atoms with Gasteiger partial charge in [0.1, 0.15) is 11.6 Å². The molecule has 0 saturated heterocycles. The maximum Gasteiger partial charge on any atom is 0.136 e. The molecule has 0 aromatic heterocycles. The van der Waals surface area contributed by atoms with E-state index in [-0.39, 0.29) is 11.8 Å². The van der Waals surface area contributed by atoms with Gasteiger partial charge in [-0.1, -0.05) is 26.2 Å². The van der Waals surface area contributed by atoms with Crippen molar-refractivity contribution < 1.29 is 9.59 Å². The zero-order valence-corrected chi connectivity index (χ0v) is 11.6. The van der Waals surface area contributed by atoms with E-state index in [2.05, 4.69) is 6.92 Å². The topological polar surface area (TPSA) is 34.1 Å². The Labute approximate surface area is 111 Å². The lowest BCUT2D eigenvalue weighted by molar-refractivity contribution is -0.132. The second-order valence-electron chi connectivity index (χ2n) is 6.09. The predicted molar refractivity (Wildman–Crippen MR) is 72.3 cm³/mol. The van der Waals surface area contributed by atoms with Crippen LogP contribution in [0.5, 0.6) is 0 Å². The van der Waals surface area contributed by atoms with Gasteiger partial charge in [-0.05, 0) is 38.0 Å². The molecule has 0 spiro atoms. The minimum atomic E-state index is 0.200. The number of ketones is 2.